The zero-order valence-electron chi connectivity index (χ0n) is 18.3. The molecule has 16 heteroatoms. The lowest BCUT2D eigenvalue weighted by Crippen LogP contribution is -2.63. The fourth-order valence-electron chi connectivity index (χ4n) is 2.98. The smallest absolute Gasteiger partial charge is 0.269 e. The Bertz CT molecular complexity index is 846. The number of alkyl halides is 2. The van der Waals surface area contributed by atoms with E-state index in [1.54, 1.807) is 0 Å². The minimum atomic E-state index is -1.45. The van der Waals surface area contributed by atoms with Gasteiger partial charge in [-0.15, -0.1) is 0 Å². The molecule has 14 nitrogen and oxygen atoms in total. The SMILES string of the molecule is CC(=O)N[C@@H]1[C@@H](O)[C@H](O)[C@@H](CO)O[C@@H]1O.O=C(N[C@H](CO)[C@H](O)c1ccc([N+](=O)[O-])cc1)C(Cl)Cl. The number of aliphatic hydroxyl groups excluding tert-OH is 6. The van der Waals surface area contributed by atoms with E-state index in [4.69, 9.17) is 38.2 Å². The molecule has 0 aliphatic carbocycles. The Kier molecular flexibility index (Phi) is 12.7. The molecule has 35 heavy (non-hydrogen) atoms. The topological polar surface area (TPSA) is 232 Å². The zero-order valence-corrected chi connectivity index (χ0v) is 19.8. The number of hydrogen-bond donors (Lipinski definition) is 8. The van der Waals surface area contributed by atoms with Crippen molar-refractivity contribution in [2.24, 2.45) is 0 Å². The summed E-state index contributed by atoms with van der Waals surface area (Å²) in [7, 11) is 0. The molecule has 1 saturated heterocycles. The number of rotatable bonds is 8. The first-order chi connectivity index (χ1) is 16.3. The monoisotopic (exact) mass is 543 g/mol. The maximum Gasteiger partial charge on any atom is 0.269 e. The number of hydrogen-bond acceptors (Lipinski definition) is 11. The number of halogens is 2. The van der Waals surface area contributed by atoms with E-state index in [2.05, 4.69) is 10.6 Å². The summed E-state index contributed by atoms with van der Waals surface area (Å²) >= 11 is 10.7. The fourth-order valence-corrected chi connectivity index (χ4v) is 3.11. The first-order valence-electron chi connectivity index (χ1n) is 10.0. The molecule has 1 fully saturated rings. The predicted molar refractivity (Wildman–Crippen MR) is 120 cm³/mol. The van der Waals surface area contributed by atoms with Gasteiger partial charge in [0, 0.05) is 19.1 Å². The lowest BCUT2D eigenvalue weighted by atomic mass is 9.97. The quantitative estimate of drug-likeness (QED) is 0.0997. The van der Waals surface area contributed by atoms with Gasteiger partial charge in [-0.2, -0.15) is 0 Å². The summed E-state index contributed by atoms with van der Waals surface area (Å²) in [5.74, 6) is -1.22. The van der Waals surface area contributed by atoms with Gasteiger partial charge in [-0.25, -0.2) is 0 Å². The van der Waals surface area contributed by atoms with Crippen LogP contribution in [0.25, 0.3) is 0 Å². The van der Waals surface area contributed by atoms with Gasteiger partial charge in [0.05, 0.1) is 24.2 Å². The molecule has 1 aromatic carbocycles. The van der Waals surface area contributed by atoms with E-state index in [-0.39, 0.29) is 5.69 Å². The maximum absolute atomic E-state index is 11.3. The molecule has 0 spiro atoms. The van der Waals surface area contributed by atoms with Crippen molar-refractivity contribution in [2.45, 2.75) is 54.5 Å². The Labute approximate surface area is 209 Å². The molecule has 1 heterocycles. The van der Waals surface area contributed by atoms with Gasteiger partial charge in [0.15, 0.2) is 11.1 Å². The molecule has 0 radical (unpaired) electrons. The van der Waals surface area contributed by atoms with Gasteiger partial charge in [0.1, 0.15) is 30.5 Å². The summed E-state index contributed by atoms with van der Waals surface area (Å²) in [4.78, 5) is 30.7. The average molecular weight is 544 g/mol. The van der Waals surface area contributed by atoms with E-state index in [0.29, 0.717) is 5.56 Å². The molecule has 2 amide bonds. The van der Waals surface area contributed by atoms with Gasteiger partial charge >= 0.3 is 0 Å². The highest BCUT2D eigenvalue weighted by Gasteiger charge is 2.43. The van der Waals surface area contributed by atoms with Gasteiger partial charge in [0.2, 0.25) is 5.91 Å². The van der Waals surface area contributed by atoms with Crippen LogP contribution in [0.2, 0.25) is 0 Å². The van der Waals surface area contributed by atoms with E-state index in [1.165, 1.54) is 31.2 Å². The zero-order chi connectivity index (χ0) is 26.9. The largest absolute Gasteiger partial charge is 0.394 e. The standard InChI is InChI=1S/C11H12Cl2N2O5.C8H15NO6/c12-10(13)11(18)14-8(5-16)9(17)6-1-3-7(4-2-6)15(19)20;1-3(11)9-5-7(13)6(12)4(2-10)15-8(5)14/h1-4,8-10,16-17H,5H2,(H,14,18);4-8,10,12-14H,2H2,1H3,(H,9,11)/t8-,9-;4-,5-,6-,7-,8+/m11/s1. The van der Waals surface area contributed by atoms with Crippen molar-refractivity contribution in [3.8, 4) is 0 Å². The van der Waals surface area contributed by atoms with Crippen LogP contribution in [0.1, 0.15) is 18.6 Å². The molecule has 0 aromatic heterocycles. The van der Waals surface area contributed by atoms with Crippen LogP contribution in [-0.4, -0.2) is 102 Å². The third-order valence-electron chi connectivity index (χ3n) is 4.82. The number of carbonyl (C=O) groups is 2. The van der Waals surface area contributed by atoms with Crippen LogP contribution >= 0.6 is 23.2 Å². The van der Waals surface area contributed by atoms with Crippen molar-refractivity contribution in [1.82, 2.24) is 10.6 Å². The van der Waals surface area contributed by atoms with Gasteiger partial charge in [-0.05, 0) is 17.7 Å². The first-order valence-corrected chi connectivity index (χ1v) is 10.9. The number of benzene rings is 1. The molecule has 7 atom stereocenters. The van der Waals surface area contributed by atoms with Crippen molar-refractivity contribution in [1.29, 1.82) is 0 Å². The average Bonchev–Trinajstić information content (AvgIpc) is 2.82. The van der Waals surface area contributed by atoms with Crippen LogP contribution in [-0.2, 0) is 14.3 Å². The Morgan fingerprint density at radius 2 is 1.71 bits per heavy atom. The first kappa shape index (κ1) is 30.9. The molecule has 198 valence electrons. The van der Waals surface area contributed by atoms with Crippen LogP contribution in [0.15, 0.2) is 24.3 Å². The highest BCUT2D eigenvalue weighted by Crippen LogP contribution is 2.21. The van der Waals surface area contributed by atoms with Crippen molar-refractivity contribution in [3.63, 3.8) is 0 Å². The van der Waals surface area contributed by atoms with Crippen molar-refractivity contribution in [3.05, 3.63) is 39.9 Å². The van der Waals surface area contributed by atoms with Crippen LogP contribution in [0.4, 0.5) is 5.69 Å². The van der Waals surface area contributed by atoms with E-state index < -0.39 is 77.6 Å². The van der Waals surface area contributed by atoms with Crippen LogP contribution in [0, 0.1) is 10.1 Å². The second kappa shape index (κ2) is 14.4. The number of nitrogens with zero attached hydrogens (tertiary/aromatic N) is 1. The number of nitro benzene ring substituents is 1. The van der Waals surface area contributed by atoms with Crippen LogP contribution < -0.4 is 10.6 Å². The fraction of sp³-hybridized carbons (Fsp3) is 0.579. The predicted octanol–water partition coefficient (Wildman–Crippen LogP) is -2.17. The summed E-state index contributed by atoms with van der Waals surface area (Å²) in [6.07, 6.45) is -6.49. The number of amides is 2. The molecule has 0 bridgehead atoms. The Morgan fingerprint density at radius 1 is 1.14 bits per heavy atom. The third-order valence-corrected chi connectivity index (χ3v) is 5.22. The summed E-state index contributed by atoms with van der Waals surface area (Å²) in [5.41, 5.74) is 0.169. The van der Waals surface area contributed by atoms with Gasteiger partial charge in [-0.3, -0.25) is 19.7 Å². The molecular weight excluding hydrogens is 517 g/mol. The van der Waals surface area contributed by atoms with E-state index in [9.17, 15) is 40.1 Å². The molecule has 2 rings (SSSR count). The number of aliphatic hydroxyl groups is 6. The summed E-state index contributed by atoms with van der Waals surface area (Å²) < 4.78 is 4.81. The van der Waals surface area contributed by atoms with E-state index in [0.717, 1.165) is 0 Å². The van der Waals surface area contributed by atoms with E-state index >= 15 is 0 Å². The lowest BCUT2D eigenvalue weighted by molar-refractivity contribution is -0.384. The van der Waals surface area contributed by atoms with Crippen LogP contribution in [0.5, 0.6) is 0 Å². The molecule has 1 aromatic rings. The normalized spacial score (nSPS) is 25.6. The maximum atomic E-state index is 11.3. The number of carbonyl (C=O) groups excluding carboxylic acids is 2. The lowest BCUT2D eigenvalue weighted by Gasteiger charge is -2.40. The van der Waals surface area contributed by atoms with Crippen molar-refractivity contribution in [2.75, 3.05) is 13.2 Å². The number of nitrogens with one attached hydrogen (secondary N) is 2. The highest BCUT2D eigenvalue weighted by atomic mass is 35.5. The molecule has 0 unspecified atom stereocenters. The number of nitro groups is 1. The van der Waals surface area contributed by atoms with Gasteiger partial charge in [0.25, 0.3) is 11.6 Å². The molecule has 8 N–H and O–H groups in total. The molecule has 1 aliphatic rings. The summed E-state index contributed by atoms with van der Waals surface area (Å²) in [5, 5.41) is 71.3. The minimum absolute atomic E-state index is 0.132. The second-order valence-corrected chi connectivity index (χ2v) is 8.44. The number of non-ortho nitro benzene ring substituents is 1. The van der Waals surface area contributed by atoms with Crippen molar-refractivity contribution < 1.29 is 49.9 Å². The highest BCUT2D eigenvalue weighted by molar-refractivity contribution is 6.53. The van der Waals surface area contributed by atoms with Crippen LogP contribution in [0.3, 0.4) is 0 Å². The molecular formula is C19H27Cl2N3O11. The van der Waals surface area contributed by atoms with E-state index in [1.807, 2.05) is 0 Å². The van der Waals surface area contributed by atoms with Gasteiger partial charge < -0.3 is 46.0 Å². The Morgan fingerprint density at radius 3 is 2.14 bits per heavy atom. The molecule has 0 saturated carbocycles. The number of ether oxygens (including phenoxy) is 1. The Balaban J connectivity index is 0.000000365. The Hall–Kier alpha value is -2.14. The minimum Gasteiger partial charge on any atom is -0.394 e. The summed E-state index contributed by atoms with van der Waals surface area (Å²) in [6.45, 7) is 0.135. The second-order valence-electron chi connectivity index (χ2n) is 7.35. The summed E-state index contributed by atoms with van der Waals surface area (Å²) in [6, 6.07) is 2.96. The van der Waals surface area contributed by atoms with Gasteiger partial charge in [-0.1, -0.05) is 23.2 Å². The van der Waals surface area contributed by atoms with Crippen molar-refractivity contribution >= 4 is 40.7 Å². The third kappa shape index (κ3) is 9.10. The molecule has 1 aliphatic heterocycles.